The Bertz CT molecular complexity index is 308. The molecule has 1 amide bonds. The molecule has 5 nitrogen and oxygen atoms in total. The third-order valence-corrected chi connectivity index (χ3v) is 2.25. The highest BCUT2D eigenvalue weighted by atomic mass is 16.1. The molecule has 1 rings (SSSR count). The Balaban J connectivity index is 2.71. The van der Waals surface area contributed by atoms with Gasteiger partial charge in [0.2, 0.25) is 5.91 Å². The van der Waals surface area contributed by atoms with Crippen LogP contribution in [0.2, 0.25) is 0 Å². The predicted octanol–water partition coefficient (Wildman–Crippen LogP) is -0.494. The Hall–Kier alpha value is -1.36. The molecular formula is C9H16N4O. The molecule has 1 unspecified atom stereocenters. The maximum Gasteiger partial charge on any atom is 0.222 e. The molecule has 0 aliphatic carbocycles. The van der Waals surface area contributed by atoms with Crippen LogP contribution < -0.4 is 11.5 Å². The molecule has 0 aromatic carbocycles. The number of aromatic nitrogens is 2. The SMILES string of the molecule is CCn1nccc1CC(CN)C(N)=O. The lowest BCUT2D eigenvalue weighted by Crippen LogP contribution is -2.32. The number of carbonyl (C=O) groups excluding carboxylic acids is 1. The summed E-state index contributed by atoms with van der Waals surface area (Å²) in [4.78, 5) is 11.0. The summed E-state index contributed by atoms with van der Waals surface area (Å²) in [7, 11) is 0. The highest BCUT2D eigenvalue weighted by molar-refractivity contribution is 5.77. The molecule has 5 heteroatoms. The van der Waals surface area contributed by atoms with E-state index in [1.807, 2.05) is 17.7 Å². The van der Waals surface area contributed by atoms with Gasteiger partial charge in [0.15, 0.2) is 0 Å². The first-order valence-electron chi connectivity index (χ1n) is 4.69. The fourth-order valence-electron chi connectivity index (χ4n) is 1.37. The van der Waals surface area contributed by atoms with Gasteiger partial charge in [0.25, 0.3) is 0 Å². The van der Waals surface area contributed by atoms with Crippen LogP contribution in [0.4, 0.5) is 0 Å². The summed E-state index contributed by atoms with van der Waals surface area (Å²) in [5.41, 5.74) is 11.7. The third kappa shape index (κ3) is 2.32. The summed E-state index contributed by atoms with van der Waals surface area (Å²) >= 11 is 0. The molecule has 1 heterocycles. The topological polar surface area (TPSA) is 86.9 Å². The van der Waals surface area contributed by atoms with Gasteiger partial charge in [-0.1, -0.05) is 0 Å². The molecule has 1 aromatic heterocycles. The van der Waals surface area contributed by atoms with Gasteiger partial charge in [0.1, 0.15) is 0 Å². The Morgan fingerprint density at radius 2 is 2.43 bits per heavy atom. The van der Waals surface area contributed by atoms with Crippen molar-refractivity contribution in [3.05, 3.63) is 18.0 Å². The molecule has 4 N–H and O–H groups in total. The maximum absolute atomic E-state index is 11.0. The predicted molar refractivity (Wildman–Crippen MR) is 53.3 cm³/mol. The smallest absolute Gasteiger partial charge is 0.222 e. The van der Waals surface area contributed by atoms with Crippen LogP contribution in [0.25, 0.3) is 0 Å². The van der Waals surface area contributed by atoms with E-state index in [0.717, 1.165) is 12.2 Å². The van der Waals surface area contributed by atoms with E-state index >= 15 is 0 Å². The second-order valence-corrected chi connectivity index (χ2v) is 3.18. The van der Waals surface area contributed by atoms with Gasteiger partial charge >= 0.3 is 0 Å². The first kappa shape index (κ1) is 10.7. The van der Waals surface area contributed by atoms with Gasteiger partial charge in [-0.2, -0.15) is 5.10 Å². The van der Waals surface area contributed by atoms with E-state index in [0.29, 0.717) is 6.42 Å². The molecule has 0 fully saturated rings. The van der Waals surface area contributed by atoms with Gasteiger partial charge in [0, 0.05) is 31.4 Å². The van der Waals surface area contributed by atoms with E-state index in [2.05, 4.69) is 5.10 Å². The number of nitrogens with zero attached hydrogens (tertiary/aromatic N) is 2. The lowest BCUT2D eigenvalue weighted by Gasteiger charge is -2.11. The van der Waals surface area contributed by atoms with E-state index in [1.165, 1.54) is 0 Å². The van der Waals surface area contributed by atoms with E-state index in [9.17, 15) is 4.79 Å². The molecule has 0 aliphatic heterocycles. The Labute approximate surface area is 83.1 Å². The number of aryl methyl sites for hydroxylation is 1. The van der Waals surface area contributed by atoms with Crippen molar-refractivity contribution in [3.8, 4) is 0 Å². The first-order chi connectivity index (χ1) is 6.69. The molecule has 14 heavy (non-hydrogen) atoms. The summed E-state index contributed by atoms with van der Waals surface area (Å²) in [6.07, 6.45) is 2.28. The fourth-order valence-corrected chi connectivity index (χ4v) is 1.37. The van der Waals surface area contributed by atoms with E-state index < -0.39 is 0 Å². The lowest BCUT2D eigenvalue weighted by molar-refractivity contribution is -0.121. The Morgan fingerprint density at radius 3 is 2.93 bits per heavy atom. The van der Waals surface area contributed by atoms with Crippen LogP contribution in [-0.4, -0.2) is 22.2 Å². The Morgan fingerprint density at radius 1 is 1.71 bits per heavy atom. The number of hydrogen-bond donors (Lipinski definition) is 2. The molecule has 78 valence electrons. The van der Waals surface area contributed by atoms with E-state index in [1.54, 1.807) is 6.20 Å². The molecule has 0 radical (unpaired) electrons. The molecule has 1 atom stereocenters. The van der Waals surface area contributed by atoms with Crippen molar-refractivity contribution in [2.45, 2.75) is 19.9 Å². The summed E-state index contributed by atoms with van der Waals surface area (Å²) < 4.78 is 1.84. The summed E-state index contributed by atoms with van der Waals surface area (Å²) in [6.45, 7) is 3.07. The summed E-state index contributed by atoms with van der Waals surface area (Å²) in [5.74, 6) is -0.645. The van der Waals surface area contributed by atoms with E-state index in [-0.39, 0.29) is 18.4 Å². The van der Waals surface area contributed by atoms with Crippen LogP contribution in [-0.2, 0) is 17.8 Å². The Kier molecular flexibility index (Phi) is 3.64. The van der Waals surface area contributed by atoms with Gasteiger partial charge in [-0.15, -0.1) is 0 Å². The van der Waals surface area contributed by atoms with Crippen LogP contribution in [0, 0.1) is 5.92 Å². The van der Waals surface area contributed by atoms with Gasteiger partial charge in [0.05, 0.1) is 5.92 Å². The maximum atomic E-state index is 11.0. The number of nitrogens with two attached hydrogens (primary N) is 2. The monoisotopic (exact) mass is 196 g/mol. The standard InChI is InChI=1S/C9H16N4O/c1-2-13-8(3-4-12-13)5-7(6-10)9(11)14/h3-4,7H,2,5-6,10H2,1H3,(H2,11,14). The zero-order valence-corrected chi connectivity index (χ0v) is 8.31. The zero-order valence-electron chi connectivity index (χ0n) is 8.31. The van der Waals surface area contributed by atoms with Crippen LogP contribution >= 0.6 is 0 Å². The summed E-state index contributed by atoms with van der Waals surface area (Å²) in [6, 6.07) is 1.88. The van der Waals surface area contributed by atoms with Crippen LogP contribution in [0.5, 0.6) is 0 Å². The van der Waals surface area contributed by atoms with Crippen LogP contribution in [0.1, 0.15) is 12.6 Å². The van der Waals surface area contributed by atoms with Crippen LogP contribution in [0.3, 0.4) is 0 Å². The van der Waals surface area contributed by atoms with Crippen molar-refractivity contribution >= 4 is 5.91 Å². The van der Waals surface area contributed by atoms with Gasteiger partial charge in [-0.25, -0.2) is 0 Å². The number of amides is 1. The third-order valence-electron chi connectivity index (χ3n) is 2.25. The minimum absolute atomic E-state index is 0.282. The number of carbonyl (C=O) groups is 1. The highest BCUT2D eigenvalue weighted by Crippen LogP contribution is 2.07. The van der Waals surface area contributed by atoms with Gasteiger partial charge in [-0.05, 0) is 13.0 Å². The largest absolute Gasteiger partial charge is 0.369 e. The fraction of sp³-hybridized carbons (Fsp3) is 0.556. The van der Waals surface area contributed by atoms with Crippen molar-refractivity contribution < 1.29 is 4.79 Å². The quantitative estimate of drug-likeness (QED) is 0.666. The number of hydrogen-bond acceptors (Lipinski definition) is 3. The molecule has 1 aromatic rings. The lowest BCUT2D eigenvalue weighted by atomic mass is 10.0. The van der Waals surface area contributed by atoms with Crippen molar-refractivity contribution in [1.82, 2.24) is 9.78 Å². The van der Waals surface area contributed by atoms with Crippen molar-refractivity contribution in [1.29, 1.82) is 0 Å². The summed E-state index contributed by atoms with van der Waals surface area (Å²) in [5, 5.41) is 4.11. The molecule has 0 saturated heterocycles. The number of rotatable bonds is 5. The molecule has 0 bridgehead atoms. The highest BCUT2D eigenvalue weighted by Gasteiger charge is 2.15. The van der Waals surface area contributed by atoms with Crippen molar-refractivity contribution in [2.75, 3.05) is 6.54 Å². The molecule has 0 spiro atoms. The van der Waals surface area contributed by atoms with Crippen LogP contribution in [0.15, 0.2) is 12.3 Å². The molecule has 0 saturated carbocycles. The average Bonchev–Trinajstić information content (AvgIpc) is 2.60. The zero-order chi connectivity index (χ0) is 10.6. The number of primary amides is 1. The van der Waals surface area contributed by atoms with Gasteiger partial charge < -0.3 is 11.5 Å². The average molecular weight is 196 g/mol. The van der Waals surface area contributed by atoms with Crippen molar-refractivity contribution in [2.24, 2.45) is 17.4 Å². The second-order valence-electron chi connectivity index (χ2n) is 3.18. The normalized spacial score (nSPS) is 12.7. The van der Waals surface area contributed by atoms with Crippen molar-refractivity contribution in [3.63, 3.8) is 0 Å². The minimum atomic E-state index is -0.351. The minimum Gasteiger partial charge on any atom is -0.369 e. The first-order valence-corrected chi connectivity index (χ1v) is 4.69. The molecular weight excluding hydrogens is 180 g/mol. The van der Waals surface area contributed by atoms with E-state index in [4.69, 9.17) is 11.5 Å². The van der Waals surface area contributed by atoms with Gasteiger partial charge in [-0.3, -0.25) is 9.48 Å². The second kappa shape index (κ2) is 4.76. The molecule has 0 aliphatic rings.